The second-order valence-corrected chi connectivity index (χ2v) is 10.9. The first-order valence-corrected chi connectivity index (χ1v) is 13.6. The molecule has 2 aromatic carbocycles. The highest BCUT2D eigenvalue weighted by Crippen LogP contribution is 2.35. The van der Waals surface area contributed by atoms with Gasteiger partial charge in [-0.25, -0.2) is 8.42 Å². The molecule has 32 heavy (non-hydrogen) atoms. The minimum absolute atomic E-state index is 0.0513. The van der Waals surface area contributed by atoms with Crippen molar-refractivity contribution in [3.05, 3.63) is 41.2 Å². The van der Waals surface area contributed by atoms with Crippen molar-refractivity contribution in [3.63, 3.8) is 0 Å². The second-order valence-electron chi connectivity index (χ2n) is 6.93. The first-order valence-electron chi connectivity index (χ1n) is 9.77. The number of fused-ring (bicyclic) bond motifs is 2. The van der Waals surface area contributed by atoms with E-state index in [4.69, 9.17) is 14.2 Å². The summed E-state index contributed by atoms with van der Waals surface area (Å²) in [7, 11) is -2.33. The number of nitrogens with zero attached hydrogens (tertiary/aromatic N) is 2. The maximum atomic E-state index is 12.7. The summed E-state index contributed by atoms with van der Waals surface area (Å²) < 4.78 is 44.6. The predicted octanol–water partition coefficient (Wildman–Crippen LogP) is 2.75. The van der Waals surface area contributed by atoms with Crippen LogP contribution in [0.5, 0.6) is 17.2 Å². The molecule has 0 bridgehead atoms. The van der Waals surface area contributed by atoms with Crippen LogP contribution in [0.15, 0.2) is 46.3 Å². The molecule has 0 spiro atoms. The third-order valence-corrected chi connectivity index (χ3v) is 8.07. The highest BCUT2D eigenvalue weighted by atomic mass is 32.2. The fourth-order valence-electron chi connectivity index (χ4n) is 3.26. The highest BCUT2D eigenvalue weighted by molar-refractivity contribution is 7.98. The summed E-state index contributed by atoms with van der Waals surface area (Å²) in [5.74, 6) is 1.23. The number of aromatic nitrogens is 1. The van der Waals surface area contributed by atoms with E-state index in [1.54, 1.807) is 23.9 Å². The first kappa shape index (κ1) is 22.7. The number of rotatable bonds is 7. The zero-order chi connectivity index (χ0) is 22.7. The molecule has 0 N–H and O–H groups in total. The van der Waals surface area contributed by atoms with Gasteiger partial charge >= 0.3 is 0 Å². The van der Waals surface area contributed by atoms with Crippen molar-refractivity contribution < 1.29 is 27.4 Å². The number of carbonyl (C=O) groups excluding carboxylic acids is 1. The maximum absolute atomic E-state index is 12.7. The summed E-state index contributed by atoms with van der Waals surface area (Å²) in [5, 5.41) is 0. The summed E-state index contributed by atoms with van der Waals surface area (Å²) in [6, 6.07) is 9.69. The smallest absolute Gasteiger partial charge is 0.263 e. The average Bonchev–Trinajstić information content (AvgIpc) is 3.11. The largest absolute Gasteiger partial charge is 0.497 e. The minimum Gasteiger partial charge on any atom is -0.497 e. The minimum atomic E-state index is -3.83. The molecule has 1 aliphatic rings. The maximum Gasteiger partial charge on any atom is 0.263 e. The predicted molar refractivity (Wildman–Crippen MR) is 125 cm³/mol. The SMILES string of the molecule is COc1ccc(S(=O)(=O)CC(=O)N=c2sc3cc4c(cc3n2CCSC)OCCO4)cc1. The van der Waals surface area contributed by atoms with Crippen molar-refractivity contribution in [2.45, 2.75) is 11.4 Å². The topological polar surface area (TPSA) is 96.2 Å². The lowest BCUT2D eigenvalue weighted by Crippen LogP contribution is -2.21. The van der Waals surface area contributed by atoms with E-state index < -0.39 is 21.5 Å². The molecule has 0 saturated carbocycles. The van der Waals surface area contributed by atoms with Crippen LogP contribution in [-0.2, 0) is 21.2 Å². The molecule has 11 heteroatoms. The fourth-order valence-corrected chi connectivity index (χ4v) is 5.81. The van der Waals surface area contributed by atoms with Crippen LogP contribution in [0.25, 0.3) is 10.2 Å². The van der Waals surface area contributed by atoms with Crippen LogP contribution >= 0.6 is 23.1 Å². The van der Waals surface area contributed by atoms with Crippen molar-refractivity contribution in [3.8, 4) is 17.2 Å². The molecule has 170 valence electrons. The van der Waals surface area contributed by atoms with Gasteiger partial charge in [0.2, 0.25) is 0 Å². The number of amides is 1. The molecular formula is C21H22N2O6S3. The molecule has 3 aromatic rings. The zero-order valence-corrected chi connectivity index (χ0v) is 20.0. The summed E-state index contributed by atoms with van der Waals surface area (Å²) in [6.07, 6.45) is 2.00. The monoisotopic (exact) mass is 494 g/mol. The quantitative estimate of drug-likeness (QED) is 0.498. The fraction of sp³-hybridized carbons (Fsp3) is 0.333. The van der Waals surface area contributed by atoms with Gasteiger partial charge < -0.3 is 18.8 Å². The Morgan fingerprint density at radius 3 is 2.53 bits per heavy atom. The Bertz CT molecular complexity index is 1310. The van der Waals surface area contributed by atoms with Gasteiger partial charge in [0.05, 0.1) is 22.2 Å². The van der Waals surface area contributed by atoms with E-state index in [0.717, 1.165) is 16.0 Å². The molecule has 0 aliphatic carbocycles. The van der Waals surface area contributed by atoms with Crippen LogP contribution in [0.1, 0.15) is 0 Å². The summed E-state index contributed by atoms with van der Waals surface area (Å²) in [5.41, 5.74) is 0.873. The normalized spacial score (nSPS) is 14.0. The lowest BCUT2D eigenvalue weighted by Gasteiger charge is -2.18. The molecule has 1 aromatic heterocycles. The molecule has 2 heterocycles. The molecule has 0 radical (unpaired) electrons. The summed E-state index contributed by atoms with van der Waals surface area (Å²) in [4.78, 5) is 17.3. The van der Waals surface area contributed by atoms with Gasteiger partial charge in [-0.15, -0.1) is 0 Å². The molecule has 1 amide bonds. The van der Waals surface area contributed by atoms with Crippen LogP contribution in [0.2, 0.25) is 0 Å². The highest BCUT2D eigenvalue weighted by Gasteiger charge is 2.21. The lowest BCUT2D eigenvalue weighted by atomic mass is 10.2. The molecule has 1 aliphatic heterocycles. The van der Waals surface area contributed by atoms with Crippen molar-refractivity contribution in [2.75, 3.05) is 38.1 Å². The number of thioether (sulfide) groups is 1. The van der Waals surface area contributed by atoms with E-state index in [9.17, 15) is 13.2 Å². The van der Waals surface area contributed by atoms with E-state index in [1.165, 1.54) is 30.6 Å². The van der Waals surface area contributed by atoms with Crippen molar-refractivity contribution in [1.82, 2.24) is 4.57 Å². The standard InChI is InChI=1S/C21H22N2O6S3/c1-27-14-3-5-15(6-4-14)32(25,26)13-20(24)22-21-23(7-10-30-2)16-11-17-18(12-19(16)31-21)29-9-8-28-17/h3-6,11-12H,7-10,13H2,1-2H3. The van der Waals surface area contributed by atoms with E-state index in [-0.39, 0.29) is 4.90 Å². The average molecular weight is 495 g/mol. The van der Waals surface area contributed by atoms with E-state index in [0.29, 0.717) is 41.8 Å². The van der Waals surface area contributed by atoms with Crippen LogP contribution in [0.4, 0.5) is 0 Å². The zero-order valence-electron chi connectivity index (χ0n) is 17.6. The number of methoxy groups -OCH3 is 1. The van der Waals surface area contributed by atoms with E-state index >= 15 is 0 Å². The summed E-state index contributed by atoms with van der Waals surface area (Å²) >= 11 is 2.99. The van der Waals surface area contributed by atoms with Crippen molar-refractivity contribution in [1.29, 1.82) is 0 Å². The lowest BCUT2D eigenvalue weighted by molar-refractivity contribution is -0.115. The number of sulfone groups is 1. The van der Waals surface area contributed by atoms with Gasteiger partial charge in [0.15, 0.2) is 26.1 Å². The van der Waals surface area contributed by atoms with Gasteiger partial charge in [0, 0.05) is 24.4 Å². The molecule has 4 rings (SSSR count). The Labute approximate surface area is 193 Å². The molecule has 0 atom stereocenters. The van der Waals surface area contributed by atoms with Gasteiger partial charge in [-0.2, -0.15) is 16.8 Å². The van der Waals surface area contributed by atoms with Crippen LogP contribution < -0.4 is 19.0 Å². The Balaban J connectivity index is 1.68. The van der Waals surface area contributed by atoms with E-state index in [2.05, 4.69) is 4.99 Å². The number of ether oxygens (including phenoxy) is 3. The molecule has 0 fully saturated rings. The van der Waals surface area contributed by atoms with Crippen molar-refractivity contribution >= 4 is 49.1 Å². The van der Waals surface area contributed by atoms with Gasteiger partial charge in [0.1, 0.15) is 24.7 Å². The van der Waals surface area contributed by atoms with Gasteiger partial charge in [0.25, 0.3) is 5.91 Å². The van der Waals surface area contributed by atoms with Crippen LogP contribution in [0.3, 0.4) is 0 Å². The molecular weight excluding hydrogens is 472 g/mol. The number of hydrogen-bond donors (Lipinski definition) is 0. The van der Waals surface area contributed by atoms with Gasteiger partial charge in [-0.05, 0) is 30.5 Å². The number of aryl methyl sites for hydroxylation is 1. The van der Waals surface area contributed by atoms with Crippen LogP contribution in [-0.4, -0.2) is 57.0 Å². The number of benzene rings is 2. The Morgan fingerprint density at radius 1 is 1.19 bits per heavy atom. The Hall–Kier alpha value is -2.50. The third-order valence-electron chi connectivity index (χ3n) is 4.82. The molecule has 8 nitrogen and oxygen atoms in total. The number of thiazole rings is 1. The summed E-state index contributed by atoms with van der Waals surface area (Å²) in [6.45, 7) is 1.58. The van der Waals surface area contributed by atoms with Gasteiger partial charge in [-0.3, -0.25) is 4.79 Å². The van der Waals surface area contributed by atoms with Crippen LogP contribution in [0, 0.1) is 0 Å². The number of hydrogen-bond acceptors (Lipinski definition) is 8. The molecule has 0 unspecified atom stereocenters. The second kappa shape index (κ2) is 9.55. The molecule has 0 saturated heterocycles. The van der Waals surface area contributed by atoms with E-state index in [1.807, 2.05) is 23.0 Å². The van der Waals surface area contributed by atoms with Gasteiger partial charge in [-0.1, -0.05) is 11.3 Å². The number of carbonyl (C=O) groups is 1. The Kier molecular flexibility index (Phi) is 6.77. The first-order chi connectivity index (χ1) is 15.4. The third kappa shape index (κ3) is 4.79. The Morgan fingerprint density at radius 2 is 1.88 bits per heavy atom. The van der Waals surface area contributed by atoms with Crippen molar-refractivity contribution in [2.24, 2.45) is 4.99 Å².